The van der Waals surface area contributed by atoms with Gasteiger partial charge in [-0.3, -0.25) is 4.99 Å². The van der Waals surface area contributed by atoms with Crippen LogP contribution in [0.25, 0.3) is 0 Å². The molecule has 0 aliphatic carbocycles. The molecule has 0 unspecified atom stereocenters. The van der Waals surface area contributed by atoms with Gasteiger partial charge in [0.2, 0.25) is 0 Å². The van der Waals surface area contributed by atoms with E-state index in [9.17, 15) is 0 Å². The lowest BCUT2D eigenvalue weighted by molar-refractivity contribution is 1.28. The number of aliphatic imine (C=N–C) groups is 1. The molecule has 0 aromatic heterocycles. The third kappa shape index (κ3) is 3.71. The zero-order valence-corrected chi connectivity index (χ0v) is 7.75. The maximum atomic E-state index is 4.18. The van der Waals surface area contributed by atoms with Crippen LogP contribution in [0.15, 0.2) is 53.7 Å². The maximum Gasteiger partial charge on any atom is 0.0616 e. The molecule has 1 nitrogen and oxygen atoms in total. The molecule has 0 spiro atoms. The molecule has 0 saturated carbocycles. The van der Waals surface area contributed by atoms with Crippen LogP contribution < -0.4 is 0 Å². The summed E-state index contributed by atoms with van der Waals surface area (Å²) in [6, 6.07) is 0. The molecule has 0 saturated heterocycles. The molecule has 0 aromatic carbocycles. The van der Waals surface area contributed by atoms with Gasteiger partial charge >= 0.3 is 0 Å². The molecule has 12 heavy (non-hydrogen) atoms. The molecule has 0 amide bonds. The van der Waals surface area contributed by atoms with Gasteiger partial charge in [-0.25, -0.2) is 0 Å². The predicted octanol–water partition coefficient (Wildman–Crippen LogP) is 3.28. The molecule has 0 fully saturated rings. The van der Waals surface area contributed by atoms with Crippen molar-refractivity contribution in [3.05, 3.63) is 48.7 Å². The van der Waals surface area contributed by atoms with Crippen molar-refractivity contribution >= 4 is 6.21 Å². The highest BCUT2D eigenvalue weighted by Gasteiger charge is 1.91. The fourth-order valence-electron chi connectivity index (χ4n) is 0.799. The minimum atomic E-state index is 0.954. The minimum absolute atomic E-state index is 0.954. The Morgan fingerprint density at radius 2 is 1.92 bits per heavy atom. The van der Waals surface area contributed by atoms with Crippen molar-refractivity contribution in [1.82, 2.24) is 0 Å². The summed E-state index contributed by atoms with van der Waals surface area (Å²) in [5.74, 6) is 0. The molecule has 0 atom stereocenters. The Labute approximate surface area is 74.5 Å². The second kappa shape index (κ2) is 6.35. The summed E-state index contributed by atoms with van der Waals surface area (Å²) in [7, 11) is 0. The number of rotatable bonds is 4. The Morgan fingerprint density at radius 3 is 2.33 bits per heavy atom. The monoisotopic (exact) mass is 161 g/mol. The summed E-state index contributed by atoms with van der Waals surface area (Å²) < 4.78 is 0. The van der Waals surface area contributed by atoms with Gasteiger partial charge in [-0.05, 0) is 19.4 Å². The van der Waals surface area contributed by atoms with E-state index >= 15 is 0 Å². The normalized spacial score (nSPS) is 13.5. The van der Waals surface area contributed by atoms with Gasteiger partial charge in [0.25, 0.3) is 0 Å². The standard InChI is InChI=1S/C11H15N/c1-5-8-10(4)11(7-3)12-9-6-2/h5-9H,1-2H2,3-4H3/b10-8-,11-7+,12-9?. The highest BCUT2D eigenvalue weighted by molar-refractivity contribution is 5.71. The fourth-order valence-corrected chi connectivity index (χ4v) is 0.799. The number of nitrogens with zero attached hydrogens (tertiary/aromatic N) is 1. The van der Waals surface area contributed by atoms with Gasteiger partial charge in [-0.15, -0.1) is 0 Å². The molecule has 64 valence electrons. The van der Waals surface area contributed by atoms with Crippen LogP contribution in [0.2, 0.25) is 0 Å². The van der Waals surface area contributed by atoms with E-state index in [2.05, 4.69) is 18.2 Å². The smallest absolute Gasteiger partial charge is 0.0616 e. The fraction of sp³-hybridized carbons (Fsp3) is 0.182. The Balaban J connectivity index is 4.57. The molecular formula is C11H15N. The quantitative estimate of drug-likeness (QED) is 0.443. The summed E-state index contributed by atoms with van der Waals surface area (Å²) in [6.07, 6.45) is 8.97. The highest BCUT2D eigenvalue weighted by atomic mass is 14.7. The SMILES string of the molecule is C=CC=NC(=C/C)/C(C)=C\C=C. The molecule has 0 N–H and O–H groups in total. The van der Waals surface area contributed by atoms with Crippen molar-refractivity contribution < 1.29 is 0 Å². The van der Waals surface area contributed by atoms with Crippen LogP contribution >= 0.6 is 0 Å². The van der Waals surface area contributed by atoms with Crippen LogP contribution in [0.3, 0.4) is 0 Å². The van der Waals surface area contributed by atoms with Crippen molar-refractivity contribution in [3.63, 3.8) is 0 Å². The lowest BCUT2D eigenvalue weighted by Crippen LogP contribution is -1.80. The first-order chi connectivity index (χ1) is 5.76. The minimum Gasteiger partial charge on any atom is -0.257 e. The van der Waals surface area contributed by atoms with E-state index in [1.165, 1.54) is 0 Å². The van der Waals surface area contributed by atoms with Gasteiger partial charge in [-0.2, -0.15) is 0 Å². The second-order valence-electron chi connectivity index (χ2n) is 2.27. The summed E-state index contributed by atoms with van der Waals surface area (Å²) >= 11 is 0. The average Bonchev–Trinajstić information content (AvgIpc) is 2.06. The Morgan fingerprint density at radius 1 is 1.25 bits per heavy atom. The zero-order chi connectivity index (χ0) is 9.40. The summed E-state index contributed by atoms with van der Waals surface area (Å²) in [5, 5.41) is 0. The third-order valence-electron chi connectivity index (χ3n) is 1.36. The van der Waals surface area contributed by atoms with Gasteiger partial charge in [0.05, 0.1) is 5.70 Å². The summed E-state index contributed by atoms with van der Waals surface area (Å²) in [5.41, 5.74) is 2.06. The predicted molar refractivity (Wildman–Crippen MR) is 56.4 cm³/mol. The van der Waals surface area contributed by atoms with Crippen LogP contribution in [0.1, 0.15) is 13.8 Å². The first kappa shape index (κ1) is 10.6. The Kier molecular flexibility index (Phi) is 5.62. The van der Waals surface area contributed by atoms with Crippen LogP contribution in [0, 0.1) is 0 Å². The molecule has 0 heterocycles. The van der Waals surface area contributed by atoms with E-state index in [0.717, 1.165) is 11.3 Å². The van der Waals surface area contributed by atoms with E-state index in [4.69, 9.17) is 0 Å². The molecule has 0 aromatic rings. The van der Waals surface area contributed by atoms with E-state index in [-0.39, 0.29) is 0 Å². The van der Waals surface area contributed by atoms with Crippen LogP contribution in [0.5, 0.6) is 0 Å². The van der Waals surface area contributed by atoms with Gasteiger partial charge in [0, 0.05) is 6.21 Å². The summed E-state index contributed by atoms with van der Waals surface area (Å²) in [4.78, 5) is 4.18. The molecular weight excluding hydrogens is 146 g/mol. The van der Waals surface area contributed by atoms with Gasteiger partial charge in [-0.1, -0.05) is 37.5 Å². The second-order valence-corrected chi connectivity index (χ2v) is 2.27. The summed E-state index contributed by atoms with van der Waals surface area (Å²) in [6.45, 7) is 11.1. The molecule has 0 rings (SSSR count). The topological polar surface area (TPSA) is 12.4 Å². The van der Waals surface area contributed by atoms with Crippen LogP contribution in [-0.4, -0.2) is 6.21 Å². The highest BCUT2D eigenvalue weighted by Crippen LogP contribution is 2.09. The van der Waals surface area contributed by atoms with Crippen LogP contribution in [0.4, 0.5) is 0 Å². The third-order valence-corrected chi connectivity index (χ3v) is 1.36. The lowest BCUT2D eigenvalue weighted by atomic mass is 10.2. The number of hydrogen-bond donors (Lipinski definition) is 0. The van der Waals surface area contributed by atoms with Crippen LogP contribution in [-0.2, 0) is 0 Å². The molecule has 0 aliphatic rings. The maximum absolute atomic E-state index is 4.18. The van der Waals surface area contributed by atoms with Gasteiger partial charge in [0.15, 0.2) is 0 Å². The van der Waals surface area contributed by atoms with E-state index < -0.39 is 0 Å². The van der Waals surface area contributed by atoms with E-state index in [0.29, 0.717) is 0 Å². The molecule has 0 bridgehead atoms. The largest absolute Gasteiger partial charge is 0.257 e. The zero-order valence-electron chi connectivity index (χ0n) is 7.75. The van der Waals surface area contributed by atoms with Crippen molar-refractivity contribution in [2.45, 2.75) is 13.8 Å². The first-order valence-corrected chi connectivity index (χ1v) is 3.87. The molecule has 1 heteroatoms. The van der Waals surface area contributed by atoms with E-state index in [1.54, 1.807) is 18.4 Å². The molecule has 0 aliphatic heterocycles. The average molecular weight is 161 g/mol. The van der Waals surface area contributed by atoms with Crippen molar-refractivity contribution in [2.24, 2.45) is 4.99 Å². The molecule has 0 radical (unpaired) electrons. The lowest BCUT2D eigenvalue weighted by Gasteiger charge is -1.98. The first-order valence-electron chi connectivity index (χ1n) is 3.87. The number of hydrogen-bond acceptors (Lipinski definition) is 1. The van der Waals surface area contributed by atoms with Crippen molar-refractivity contribution in [3.8, 4) is 0 Å². The Bertz CT molecular complexity index is 242. The van der Waals surface area contributed by atoms with Crippen molar-refractivity contribution in [1.29, 1.82) is 0 Å². The van der Waals surface area contributed by atoms with E-state index in [1.807, 2.05) is 26.0 Å². The number of allylic oxidation sites excluding steroid dienone is 5. The van der Waals surface area contributed by atoms with Crippen molar-refractivity contribution in [2.75, 3.05) is 0 Å². The Hall–Kier alpha value is -1.37. The van der Waals surface area contributed by atoms with Gasteiger partial charge in [0.1, 0.15) is 0 Å². The van der Waals surface area contributed by atoms with Gasteiger partial charge < -0.3 is 0 Å².